The number of fused-ring (bicyclic) bond motifs is 1. The third-order valence-electron chi connectivity index (χ3n) is 3.91. The monoisotopic (exact) mass is 402 g/mol. The highest BCUT2D eigenvalue weighted by atomic mass is 32.1. The fraction of sp³-hybridized carbons (Fsp3) is 0. The van der Waals surface area contributed by atoms with Crippen molar-refractivity contribution in [3.8, 4) is 0 Å². The Balaban J connectivity index is 1.60. The fourth-order valence-electron chi connectivity index (χ4n) is 2.50. The number of hydrazone groups is 1. The van der Waals surface area contributed by atoms with Gasteiger partial charge in [0.15, 0.2) is 0 Å². The summed E-state index contributed by atoms with van der Waals surface area (Å²) in [5.74, 6) is 0.364. The van der Waals surface area contributed by atoms with E-state index in [1.54, 1.807) is 12.1 Å². The Labute approximate surface area is 169 Å². The molecule has 0 saturated carbocycles. The van der Waals surface area contributed by atoms with Crippen molar-refractivity contribution in [3.63, 3.8) is 0 Å². The van der Waals surface area contributed by atoms with Crippen molar-refractivity contribution in [1.29, 1.82) is 0 Å². The van der Waals surface area contributed by atoms with Gasteiger partial charge in [-0.25, -0.2) is 4.98 Å². The Morgan fingerprint density at radius 1 is 0.966 bits per heavy atom. The van der Waals surface area contributed by atoms with Crippen LogP contribution in [0.3, 0.4) is 0 Å². The molecule has 1 heterocycles. The van der Waals surface area contributed by atoms with Crippen LogP contribution in [0, 0.1) is 10.1 Å². The molecule has 0 aliphatic rings. The Morgan fingerprint density at radius 2 is 1.69 bits per heavy atom. The molecule has 0 atom stereocenters. The average Bonchev–Trinajstić information content (AvgIpc) is 3.17. The number of azo groups is 1. The molecule has 0 saturated heterocycles. The predicted octanol–water partition coefficient (Wildman–Crippen LogP) is 5.76. The van der Waals surface area contributed by atoms with Crippen LogP contribution in [0.15, 0.2) is 94.2 Å². The van der Waals surface area contributed by atoms with Gasteiger partial charge in [-0.1, -0.05) is 53.8 Å². The van der Waals surface area contributed by atoms with E-state index < -0.39 is 4.92 Å². The van der Waals surface area contributed by atoms with Crippen LogP contribution >= 0.6 is 11.3 Å². The number of amidine groups is 1. The van der Waals surface area contributed by atoms with Crippen LogP contribution in [0.1, 0.15) is 5.56 Å². The van der Waals surface area contributed by atoms with Gasteiger partial charge in [0.2, 0.25) is 11.0 Å². The summed E-state index contributed by atoms with van der Waals surface area (Å²) >= 11 is 1.44. The average molecular weight is 402 g/mol. The third kappa shape index (κ3) is 4.47. The first-order valence-electron chi connectivity index (χ1n) is 8.60. The molecule has 0 unspecified atom stereocenters. The first kappa shape index (κ1) is 18.4. The topological polar surface area (TPSA) is 105 Å². The van der Waals surface area contributed by atoms with Gasteiger partial charge in [0.25, 0.3) is 5.69 Å². The number of non-ortho nitro benzene ring substituents is 1. The number of nitro benzene ring substituents is 1. The number of nitro groups is 1. The van der Waals surface area contributed by atoms with Gasteiger partial charge >= 0.3 is 0 Å². The number of para-hydroxylation sites is 1. The number of hydrogen-bond donors (Lipinski definition) is 1. The van der Waals surface area contributed by atoms with Gasteiger partial charge < -0.3 is 0 Å². The lowest BCUT2D eigenvalue weighted by atomic mass is 10.2. The molecule has 8 nitrogen and oxygen atoms in total. The normalized spacial score (nSPS) is 11.8. The molecule has 3 aromatic carbocycles. The van der Waals surface area contributed by atoms with E-state index in [1.807, 2.05) is 54.6 Å². The summed E-state index contributed by atoms with van der Waals surface area (Å²) in [5, 5.41) is 24.1. The number of anilines is 1. The van der Waals surface area contributed by atoms with E-state index in [0.29, 0.717) is 16.7 Å². The maximum Gasteiger partial charge on any atom is 0.269 e. The van der Waals surface area contributed by atoms with Gasteiger partial charge in [-0.3, -0.25) is 15.5 Å². The predicted molar refractivity (Wildman–Crippen MR) is 114 cm³/mol. The number of aromatic nitrogens is 1. The summed E-state index contributed by atoms with van der Waals surface area (Å²) in [7, 11) is 0. The van der Waals surface area contributed by atoms with E-state index in [0.717, 1.165) is 15.8 Å². The molecule has 0 fully saturated rings. The molecule has 0 aliphatic heterocycles. The van der Waals surface area contributed by atoms with Gasteiger partial charge in [0.1, 0.15) is 0 Å². The number of benzene rings is 3. The third-order valence-corrected chi connectivity index (χ3v) is 4.83. The Morgan fingerprint density at radius 3 is 2.41 bits per heavy atom. The molecule has 0 bridgehead atoms. The highest BCUT2D eigenvalue weighted by molar-refractivity contribution is 7.21. The number of thiazole rings is 1. The zero-order valence-electron chi connectivity index (χ0n) is 15.0. The largest absolute Gasteiger partial charge is 0.276 e. The lowest BCUT2D eigenvalue weighted by Gasteiger charge is -2.03. The lowest BCUT2D eigenvalue weighted by Crippen LogP contribution is -2.01. The highest BCUT2D eigenvalue weighted by Crippen LogP contribution is 2.28. The molecule has 4 aromatic rings. The standard InChI is InChI=1S/C20H14N6O2S/c27-26(28)16-12-10-15(11-13-16)22-23-19(14-6-2-1-3-7-14)24-25-20-21-17-8-4-5-9-18(17)29-20/h1-13,22H/b23-19+,25-24?. The minimum atomic E-state index is -0.450. The number of nitrogens with one attached hydrogen (secondary N) is 1. The molecule has 9 heteroatoms. The molecule has 4 rings (SSSR count). The summed E-state index contributed by atoms with van der Waals surface area (Å²) in [4.78, 5) is 14.8. The van der Waals surface area contributed by atoms with Crippen molar-refractivity contribution in [2.75, 3.05) is 5.43 Å². The number of rotatable bonds is 5. The molecule has 0 amide bonds. The molecule has 1 aromatic heterocycles. The van der Waals surface area contributed by atoms with Crippen LogP contribution in [-0.4, -0.2) is 15.7 Å². The molecular weight excluding hydrogens is 388 g/mol. The van der Waals surface area contributed by atoms with E-state index in [9.17, 15) is 10.1 Å². The summed E-state index contributed by atoms with van der Waals surface area (Å²) < 4.78 is 1.03. The fourth-order valence-corrected chi connectivity index (χ4v) is 3.29. The van der Waals surface area contributed by atoms with E-state index in [1.165, 1.54) is 23.5 Å². The molecule has 0 radical (unpaired) electrons. The first-order valence-corrected chi connectivity index (χ1v) is 9.41. The van der Waals surface area contributed by atoms with Crippen LogP contribution in [0.25, 0.3) is 10.2 Å². The number of nitrogens with zero attached hydrogens (tertiary/aromatic N) is 5. The van der Waals surface area contributed by atoms with E-state index in [4.69, 9.17) is 0 Å². The second-order valence-electron chi connectivity index (χ2n) is 5.88. The van der Waals surface area contributed by atoms with Gasteiger partial charge in [0.05, 0.1) is 20.8 Å². The van der Waals surface area contributed by atoms with Gasteiger partial charge in [-0.15, -0.1) is 10.2 Å². The summed E-state index contributed by atoms with van der Waals surface area (Å²) in [6.07, 6.45) is 0. The molecule has 0 aliphatic carbocycles. The number of hydrogen-bond acceptors (Lipinski definition) is 7. The Kier molecular flexibility index (Phi) is 5.30. The van der Waals surface area contributed by atoms with Gasteiger partial charge in [0, 0.05) is 17.7 Å². The molecule has 0 spiro atoms. The van der Waals surface area contributed by atoms with Crippen LogP contribution < -0.4 is 5.43 Å². The highest BCUT2D eigenvalue weighted by Gasteiger charge is 2.06. The first-order chi connectivity index (χ1) is 14.2. The molecule has 142 valence electrons. The van der Waals surface area contributed by atoms with Crippen LogP contribution in [0.4, 0.5) is 16.5 Å². The van der Waals surface area contributed by atoms with Crippen molar-refractivity contribution in [1.82, 2.24) is 4.98 Å². The zero-order valence-corrected chi connectivity index (χ0v) is 15.8. The van der Waals surface area contributed by atoms with Crippen molar-refractivity contribution < 1.29 is 4.92 Å². The Hall–Kier alpha value is -3.98. The smallest absolute Gasteiger partial charge is 0.269 e. The second-order valence-corrected chi connectivity index (χ2v) is 6.89. The summed E-state index contributed by atoms with van der Waals surface area (Å²) in [6, 6.07) is 23.1. The zero-order chi connectivity index (χ0) is 20.1. The summed E-state index contributed by atoms with van der Waals surface area (Å²) in [5.41, 5.74) is 5.11. The van der Waals surface area contributed by atoms with E-state index >= 15 is 0 Å². The lowest BCUT2D eigenvalue weighted by molar-refractivity contribution is -0.384. The maximum absolute atomic E-state index is 10.8. The van der Waals surface area contributed by atoms with E-state index in [-0.39, 0.29) is 5.69 Å². The Bertz CT molecular complexity index is 1170. The van der Waals surface area contributed by atoms with Crippen molar-refractivity contribution in [3.05, 3.63) is 94.5 Å². The van der Waals surface area contributed by atoms with Crippen molar-refractivity contribution in [2.45, 2.75) is 0 Å². The molecule has 29 heavy (non-hydrogen) atoms. The minimum absolute atomic E-state index is 0.0123. The van der Waals surface area contributed by atoms with Gasteiger partial charge in [-0.2, -0.15) is 5.10 Å². The van der Waals surface area contributed by atoms with Gasteiger partial charge in [-0.05, 0) is 24.3 Å². The molecular formula is C20H14N6O2S. The minimum Gasteiger partial charge on any atom is -0.276 e. The van der Waals surface area contributed by atoms with Crippen molar-refractivity contribution >= 4 is 43.9 Å². The SMILES string of the molecule is O=[N+]([O-])c1ccc(N/N=C(/N=Nc2nc3ccccc3s2)c2ccccc2)cc1. The maximum atomic E-state index is 10.8. The quantitative estimate of drug-likeness (QED) is 0.150. The van der Waals surface area contributed by atoms with Crippen LogP contribution in [-0.2, 0) is 0 Å². The summed E-state index contributed by atoms with van der Waals surface area (Å²) in [6.45, 7) is 0. The van der Waals surface area contributed by atoms with Crippen molar-refractivity contribution in [2.24, 2.45) is 15.3 Å². The van der Waals surface area contributed by atoms with Crippen LogP contribution in [0.2, 0.25) is 0 Å². The van der Waals surface area contributed by atoms with E-state index in [2.05, 4.69) is 25.7 Å². The van der Waals surface area contributed by atoms with Crippen LogP contribution in [0.5, 0.6) is 0 Å². The second kappa shape index (κ2) is 8.36. The molecule has 1 N–H and O–H groups in total.